The Bertz CT molecular complexity index is 1740. The summed E-state index contributed by atoms with van der Waals surface area (Å²) in [5.74, 6) is -1.78. The Labute approximate surface area is 265 Å². The lowest BCUT2D eigenvalue weighted by Crippen LogP contribution is -2.44. The second-order valence-corrected chi connectivity index (χ2v) is 10.9. The van der Waals surface area contributed by atoms with Crippen molar-refractivity contribution in [1.29, 1.82) is 0 Å². The molecule has 252 valence electrons. The van der Waals surface area contributed by atoms with Gasteiger partial charge in [-0.1, -0.05) is 6.08 Å². The van der Waals surface area contributed by atoms with Crippen LogP contribution in [0.15, 0.2) is 53.5 Å². The summed E-state index contributed by atoms with van der Waals surface area (Å²) in [6.07, 6.45) is -2.55. The van der Waals surface area contributed by atoms with Gasteiger partial charge >= 0.3 is 18.4 Å². The number of hydrogen-bond acceptors (Lipinski definition) is 6. The molecular formula is C31H33F4N5O7. The van der Waals surface area contributed by atoms with Crippen LogP contribution in [0.4, 0.5) is 32.8 Å². The third-order valence-corrected chi connectivity index (χ3v) is 7.59. The van der Waals surface area contributed by atoms with Gasteiger partial charge in [0.2, 0.25) is 11.8 Å². The van der Waals surface area contributed by atoms with Gasteiger partial charge < -0.3 is 29.9 Å². The number of rotatable bonds is 11. The predicted octanol–water partition coefficient (Wildman–Crippen LogP) is 4.63. The number of pyridine rings is 1. The molecule has 2 aromatic heterocycles. The van der Waals surface area contributed by atoms with Crippen molar-refractivity contribution in [2.24, 2.45) is 0 Å². The van der Waals surface area contributed by atoms with Crippen LogP contribution in [0.1, 0.15) is 43.4 Å². The van der Waals surface area contributed by atoms with Crippen molar-refractivity contribution in [3.63, 3.8) is 0 Å². The number of alkyl halides is 3. The number of carbonyl (C=O) groups is 4. The van der Waals surface area contributed by atoms with Crippen LogP contribution in [0, 0.1) is 5.82 Å². The minimum absolute atomic E-state index is 0.0324. The molecule has 47 heavy (non-hydrogen) atoms. The number of anilines is 1. The number of nitrogens with one attached hydrogen (secondary N) is 2. The van der Waals surface area contributed by atoms with Crippen LogP contribution in [0.5, 0.6) is 0 Å². The summed E-state index contributed by atoms with van der Waals surface area (Å²) in [6.45, 7) is 0.948. The third-order valence-electron chi connectivity index (χ3n) is 7.59. The highest BCUT2D eigenvalue weighted by Crippen LogP contribution is 2.29. The van der Waals surface area contributed by atoms with Crippen molar-refractivity contribution in [2.75, 3.05) is 25.5 Å². The summed E-state index contributed by atoms with van der Waals surface area (Å²) >= 11 is 0. The van der Waals surface area contributed by atoms with E-state index in [1.54, 1.807) is 11.0 Å². The van der Waals surface area contributed by atoms with E-state index in [2.05, 4.69) is 15.4 Å². The van der Waals surface area contributed by atoms with Gasteiger partial charge in [-0.2, -0.15) is 13.2 Å². The molecule has 3 heterocycles. The molecule has 1 aliphatic rings. The van der Waals surface area contributed by atoms with Crippen LogP contribution in [-0.2, 0) is 27.3 Å². The quantitative estimate of drug-likeness (QED) is 0.200. The molecule has 0 aliphatic carbocycles. The topological polar surface area (TPSA) is 152 Å². The molecule has 1 aliphatic heterocycles. The maximum atomic E-state index is 14.3. The van der Waals surface area contributed by atoms with Gasteiger partial charge in [0.1, 0.15) is 17.5 Å². The highest BCUT2D eigenvalue weighted by molar-refractivity contribution is 5.96. The Morgan fingerprint density at radius 1 is 1.13 bits per heavy atom. The molecule has 4 rings (SSSR count). The van der Waals surface area contributed by atoms with Gasteiger partial charge in [-0.3, -0.25) is 14.4 Å². The van der Waals surface area contributed by atoms with Gasteiger partial charge in [-0.05, 0) is 74.1 Å². The number of aryl methyl sites for hydroxylation is 1. The Hall–Kier alpha value is -5.15. The maximum absolute atomic E-state index is 14.3. The van der Waals surface area contributed by atoms with Crippen LogP contribution in [-0.4, -0.2) is 75.6 Å². The van der Waals surface area contributed by atoms with Crippen molar-refractivity contribution in [3.8, 4) is 0 Å². The van der Waals surface area contributed by atoms with Crippen LogP contribution in [0.3, 0.4) is 0 Å². The smallest absolute Gasteiger partial charge is 0.416 e. The van der Waals surface area contributed by atoms with Crippen LogP contribution in [0.25, 0.3) is 10.9 Å². The molecule has 1 fully saturated rings. The number of halogens is 4. The molecule has 0 radical (unpaired) electrons. The van der Waals surface area contributed by atoms with Crippen LogP contribution >= 0.6 is 0 Å². The SMILES string of the molecule is COC(=O)N[C@@H](CC/C=C/C(=O)N1CCCC1)C(=O)Nc1cccn(Cc2cc3cc(F)cc(CCC(F)(F)F)c3n2C(=O)O)c1=O. The fraction of sp³-hybridized carbons (Fsp3) is 0.387. The van der Waals surface area contributed by atoms with Crippen molar-refractivity contribution >= 4 is 40.6 Å². The fourth-order valence-corrected chi connectivity index (χ4v) is 5.36. The number of allylic oxidation sites excluding steroid dienone is 1. The first-order chi connectivity index (χ1) is 22.3. The molecule has 3 aromatic rings. The summed E-state index contributed by atoms with van der Waals surface area (Å²) < 4.78 is 59.4. The number of aromatic nitrogens is 2. The summed E-state index contributed by atoms with van der Waals surface area (Å²) in [6, 6.07) is 4.62. The molecule has 1 saturated heterocycles. The summed E-state index contributed by atoms with van der Waals surface area (Å²) in [4.78, 5) is 64.6. The van der Waals surface area contributed by atoms with E-state index in [-0.39, 0.29) is 46.6 Å². The lowest BCUT2D eigenvalue weighted by atomic mass is 10.1. The molecule has 1 atom stereocenters. The Morgan fingerprint density at radius 2 is 1.85 bits per heavy atom. The van der Waals surface area contributed by atoms with E-state index >= 15 is 0 Å². The largest absolute Gasteiger partial charge is 0.464 e. The monoisotopic (exact) mass is 663 g/mol. The Morgan fingerprint density at radius 3 is 2.51 bits per heavy atom. The second kappa shape index (κ2) is 15.0. The first-order valence-corrected chi connectivity index (χ1v) is 14.7. The van der Waals surface area contributed by atoms with Crippen molar-refractivity contribution in [2.45, 2.75) is 57.3 Å². The molecule has 12 nitrogen and oxygen atoms in total. The number of hydrogen-bond donors (Lipinski definition) is 3. The lowest BCUT2D eigenvalue weighted by Gasteiger charge is -2.17. The third kappa shape index (κ3) is 8.98. The van der Waals surface area contributed by atoms with Gasteiger partial charge in [-0.15, -0.1) is 0 Å². The summed E-state index contributed by atoms with van der Waals surface area (Å²) in [7, 11) is 1.11. The number of carboxylic acid groups (broad SMARTS) is 1. The van der Waals surface area contributed by atoms with E-state index in [1.807, 2.05) is 0 Å². The van der Waals surface area contributed by atoms with E-state index < -0.39 is 61.1 Å². The summed E-state index contributed by atoms with van der Waals surface area (Å²) in [5.41, 5.74) is -1.33. The van der Waals surface area contributed by atoms with Crippen molar-refractivity contribution in [3.05, 3.63) is 76.1 Å². The van der Waals surface area contributed by atoms with Gasteiger partial charge in [-0.25, -0.2) is 18.5 Å². The highest BCUT2D eigenvalue weighted by atomic mass is 19.4. The average Bonchev–Trinajstić information content (AvgIpc) is 3.67. The van der Waals surface area contributed by atoms with Gasteiger partial charge in [0.15, 0.2) is 0 Å². The van der Waals surface area contributed by atoms with Gasteiger partial charge in [0.25, 0.3) is 5.56 Å². The number of likely N-dealkylation sites (tertiary alicyclic amines) is 1. The Balaban J connectivity index is 1.55. The standard InChI is InChI=1S/C31H33F4N5O7/c1-47-29(44)37-23(7-2-3-9-25(41)38-12-4-5-13-38)27(42)36-24-8-6-14-39(28(24)43)18-22-17-20-16-21(32)15-19(10-11-31(33,34)35)26(20)40(22)30(45)46/h3,6,8-9,14-17,23H,2,4-5,7,10-13,18H2,1H3,(H,36,42)(H,37,44)(H,45,46)/b9-3+/t23-/m0/s1. The predicted molar refractivity (Wildman–Crippen MR) is 162 cm³/mol. The molecule has 1 aromatic carbocycles. The normalized spacial score (nSPS) is 14.0. The number of methoxy groups -OCH3 is 1. The number of benzene rings is 1. The minimum Gasteiger partial charge on any atom is -0.464 e. The number of nitrogens with zero attached hydrogens (tertiary/aromatic N) is 3. The van der Waals surface area contributed by atoms with Crippen molar-refractivity contribution < 1.29 is 46.6 Å². The molecular weight excluding hydrogens is 630 g/mol. The van der Waals surface area contributed by atoms with Crippen LogP contribution < -0.4 is 16.2 Å². The number of ether oxygens (including phenoxy) is 1. The van der Waals surface area contributed by atoms with E-state index in [9.17, 15) is 46.6 Å². The molecule has 3 amide bonds. The Kier molecular flexibility index (Phi) is 11.1. The molecule has 0 bridgehead atoms. The molecule has 3 N–H and O–H groups in total. The molecule has 0 saturated carbocycles. The number of alkyl carbamates (subject to hydrolysis) is 1. The first-order valence-electron chi connectivity index (χ1n) is 14.7. The number of amides is 3. The first kappa shape index (κ1) is 34.7. The zero-order valence-electron chi connectivity index (χ0n) is 25.3. The zero-order chi connectivity index (χ0) is 34.3. The second-order valence-electron chi connectivity index (χ2n) is 10.9. The van der Waals surface area contributed by atoms with E-state index in [0.29, 0.717) is 17.7 Å². The van der Waals surface area contributed by atoms with Gasteiger partial charge in [0.05, 0.1) is 24.9 Å². The maximum Gasteiger partial charge on any atom is 0.416 e. The van der Waals surface area contributed by atoms with E-state index in [1.165, 1.54) is 30.5 Å². The number of fused-ring (bicyclic) bond motifs is 1. The molecule has 0 unspecified atom stereocenters. The van der Waals surface area contributed by atoms with Gasteiger partial charge in [0, 0.05) is 31.1 Å². The van der Waals surface area contributed by atoms with Crippen molar-refractivity contribution in [1.82, 2.24) is 19.4 Å². The lowest BCUT2D eigenvalue weighted by molar-refractivity contribution is -0.134. The average molecular weight is 664 g/mol. The van der Waals surface area contributed by atoms with Crippen LogP contribution in [0.2, 0.25) is 0 Å². The fourth-order valence-electron chi connectivity index (χ4n) is 5.36. The number of carbonyl (C=O) groups excluding carboxylic acids is 3. The van der Waals surface area contributed by atoms with E-state index in [0.717, 1.165) is 36.7 Å². The zero-order valence-corrected chi connectivity index (χ0v) is 25.3. The summed E-state index contributed by atoms with van der Waals surface area (Å²) in [5, 5.41) is 14.8. The minimum atomic E-state index is -4.56. The molecule has 0 spiro atoms. The molecule has 16 heteroatoms. The van der Waals surface area contributed by atoms with E-state index in [4.69, 9.17) is 0 Å². The highest BCUT2D eigenvalue weighted by Gasteiger charge is 2.28.